The van der Waals surface area contributed by atoms with Gasteiger partial charge >= 0.3 is 5.97 Å². The number of benzene rings is 1. The van der Waals surface area contributed by atoms with E-state index in [4.69, 9.17) is 0 Å². The first-order chi connectivity index (χ1) is 13.3. The van der Waals surface area contributed by atoms with Crippen molar-refractivity contribution in [1.29, 1.82) is 0 Å². The van der Waals surface area contributed by atoms with Gasteiger partial charge in [-0.3, -0.25) is 0 Å². The van der Waals surface area contributed by atoms with Crippen molar-refractivity contribution in [1.82, 2.24) is 5.32 Å². The van der Waals surface area contributed by atoms with E-state index >= 15 is 0 Å². The summed E-state index contributed by atoms with van der Waals surface area (Å²) in [6, 6.07) is 9.00. The first-order valence-corrected chi connectivity index (χ1v) is 10.6. The molecule has 1 saturated carbocycles. The van der Waals surface area contributed by atoms with Gasteiger partial charge in [-0.25, -0.2) is 4.79 Å². The first kappa shape index (κ1) is 21.1. The van der Waals surface area contributed by atoms with E-state index in [1.807, 2.05) is 25.1 Å². The van der Waals surface area contributed by atoms with E-state index in [-0.39, 0.29) is 0 Å². The summed E-state index contributed by atoms with van der Waals surface area (Å²) in [5, 5.41) is 25.5. The molecule has 0 aromatic heterocycles. The Bertz CT molecular complexity index is 696. The Morgan fingerprint density at radius 3 is 2.32 bits per heavy atom. The van der Waals surface area contributed by atoms with Crippen LogP contribution >= 0.6 is 0 Å². The zero-order valence-electron chi connectivity index (χ0n) is 17.4. The van der Waals surface area contributed by atoms with E-state index in [9.17, 15) is 15.0 Å². The van der Waals surface area contributed by atoms with Gasteiger partial charge in [0.1, 0.15) is 0 Å². The van der Waals surface area contributed by atoms with Gasteiger partial charge in [-0.15, -0.1) is 0 Å². The highest BCUT2D eigenvalue weighted by Gasteiger charge is 2.56. The van der Waals surface area contributed by atoms with Crippen LogP contribution in [0, 0.1) is 23.2 Å². The smallest absolute Gasteiger partial charge is 0.340 e. The summed E-state index contributed by atoms with van der Waals surface area (Å²) in [6.07, 6.45) is 6.76. The number of allylic oxidation sites excluding steroid dienone is 2. The minimum absolute atomic E-state index is 0.479. The summed E-state index contributed by atoms with van der Waals surface area (Å²) in [6.45, 7) is 8.15. The highest BCUT2D eigenvalue weighted by atomic mass is 16.4. The fourth-order valence-electron chi connectivity index (χ4n) is 5.58. The van der Waals surface area contributed by atoms with Gasteiger partial charge in [-0.2, -0.15) is 0 Å². The molecule has 0 amide bonds. The highest BCUT2D eigenvalue weighted by molar-refractivity contribution is 5.80. The van der Waals surface area contributed by atoms with Gasteiger partial charge in [0, 0.05) is 5.41 Å². The third-order valence-electron chi connectivity index (χ3n) is 7.24. The van der Waals surface area contributed by atoms with E-state index < -0.39 is 17.0 Å². The average molecular weight is 386 g/mol. The molecule has 1 aromatic rings. The van der Waals surface area contributed by atoms with Crippen LogP contribution in [0.5, 0.6) is 0 Å². The van der Waals surface area contributed by atoms with Gasteiger partial charge < -0.3 is 15.5 Å². The maximum atomic E-state index is 12.5. The number of nitrogens with one attached hydrogen (secondary N) is 1. The molecule has 4 unspecified atom stereocenters. The minimum Gasteiger partial charge on any atom is -0.479 e. The van der Waals surface area contributed by atoms with Gasteiger partial charge in [0.2, 0.25) is 0 Å². The Kier molecular flexibility index (Phi) is 6.31. The van der Waals surface area contributed by atoms with E-state index in [1.165, 1.54) is 18.4 Å². The average Bonchev–Trinajstić information content (AvgIpc) is 2.88. The number of hydrogen-bond acceptors (Lipinski definition) is 3. The summed E-state index contributed by atoms with van der Waals surface area (Å²) in [7, 11) is 0. The van der Waals surface area contributed by atoms with Crippen molar-refractivity contribution in [3.63, 3.8) is 0 Å². The molecular formula is C24H35NO3. The van der Waals surface area contributed by atoms with E-state index in [0.717, 1.165) is 25.9 Å². The molecule has 3 rings (SSSR count). The fraction of sp³-hybridized carbons (Fsp3) is 0.625. The third kappa shape index (κ3) is 3.90. The van der Waals surface area contributed by atoms with Crippen LogP contribution in [0.15, 0.2) is 42.0 Å². The number of fused-ring (bicyclic) bond motifs is 2. The van der Waals surface area contributed by atoms with Crippen molar-refractivity contribution in [3.8, 4) is 0 Å². The molecule has 1 saturated heterocycles. The Hall–Kier alpha value is -1.65. The molecule has 1 aromatic carbocycles. The molecule has 0 spiro atoms. The summed E-state index contributed by atoms with van der Waals surface area (Å²) in [5.41, 5.74) is -0.922. The van der Waals surface area contributed by atoms with Gasteiger partial charge in [-0.05, 0) is 82.4 Å². The lowest BCUT2D eigenvalue weighted by atomic mass is 9.60. The largest absolute Gasteiger partial charge is 0.479 e. The van der Waals surface area contributed by atoms with Crippen molar-refractivity contribution in [2.75, 3.05) is 13.1 Å². The standard InChI is InChI=1S/C24H35NO3/c1-17(2)8-7-13-23(3,14-21-18-11-12-19(21)16-25-15-18)24(28,22(26)27)20-9-5-4-6-10-20/h4-6,8-10,18-19,21,25,28H,7,11-16H2,1-3H3,(H,26,27). The predicted molar refractivity (Wildman–Crippen MR) is 112 cm³/mol. The first-order valence-electron chi connectivity index (χ1n) is 10.6. The molecule has 154 valence electrons. The normalized spacial score (nSPS) is 28.2. The van der Waals surface area contributed by atoms with Crippen LogP contribution in [-0.4, -0.2) is 29.3 Å². The fourth-order valence-corrected chi connectivity index (χ4v) is 5.58. The topological polar surface area (TPSA) is 69.6 Å². The van der Waals surface area contributed by atoms with Crippen LogP contribution in [0.2, 0.25) is 0 Å². The lowest BCUT2D eigenvalue weighted by molar-refractivity contribution is -0.181. The van der Waals surface area contributed by atoms with Crippen molar-refractivity contribution < 1.29 is 15.0 Å². The van der Waals surface area contributed by atoms with Crippen LogP contribution in [-0.2, 0) is 10.4 Å². The van der Waals surface area contributed by atoms with Crippen molar-refractivity contribution in [3.05, 3.63) is 47.5 Å². The molecule has 4 heteroatoms. The van der Waals surface area contributed by atoms with Crippen LogP contribution < -0.4 is 5.32 Å². The predicted octanol–water partition coefficient (Wildman–Crippen LogP) is 4.35. The van der Waals surface area contributed by atoms with E-state index in [2.05, 4.69) is 25.2 Å². The van der Waals surface area contributed by atoms with Crippen LogP contribution in [0.1, 0.15) is 58.4 Å². The Labute approximate surface area is 169 Å². The number of piperidine rings is 1. The molecule has 2 bridgehead atoms. The molecule has 0 radical (unpaired) electrons. The van der Waals surface area contributed by atoms with Crippen molar-refractivity contribution >= 4 is 5.97 Å². The maximum absolute atomic E-state index is 12.5. The van der Waals surface area contributed by atoms with Crippen molar-refractivity contribution in [2.45, 2.75) is 58.5 Å². The molecular weight excluding hydrogens is 350 g/mol. The molecule has 3 N–H and O–H groups in total. The number of rotatable bonds is 8. The molecule has 1 aliphatic carbocycles. The molecule has 1 heterocycles. The zero-order chi connectivity index (χ0) is 20.4. The van der Waals surface area contributed by atoms with Gasteiger partial charge in [-0.1, -0.05) is 48.9 Å². The summed E-state index contributed by atoms with van der Waals surface area (Å²) >= 11 is 0. The van der Waals surface area contributed by atoms with E-state index in [0.29, 0.717) is 29.7 Å². The van der Waals surface area contributed by atoms with Gasteiger partial charge in [0.15, 0.2) is 5.60 Å². The Morgan fingerprint density at radius 2 is 1.79 bits per heavy atom. The molecule has 4 nitrogen and oxygen atoms in total. The lowest BCUT2D eigenvalue weighted by Gasteiger charge is -2.46. The summed E-state index contributed by atoms with van der Waals surface area (Å²) < 4.78 is 0. The molecule has 2 aliphatic rings. The Balaban J connectivity index is 1.98. The summed E-state index contributed by atoms with van der Waals surface area (Å²) in [4.78, 5) is 12.5. The number of carbonyl (C=O) groups is 1. The molecule has 28 heavy (non-hydrogen) atoms. The number of aliphatic carboxylic acids is 1. The third-order valence-corrected chi connectivity index (χ3v) is 7.24. The second kappa shape index (κ2) is 8.38. The Morgan fingerprint density at radius 1 is 1.18 bits per heavy atom. The zero-order valence-corrected chi connectivity index (χ0v) is 17.4. The SMILES string of the molecule is CC(C)=CCCC(C)(CC1C2CCC1CNC2)C(O)(C(=O)O)c1ccccc1. The number of carboxylic acid groups (broad SMARTS) is 1. The quantitative estimate of drug-likeness (QED) is 0.582. The highest BCUT2D eigenvalue weighted by Crippen LogP contribution is 2.53. The monoisotopic (exact) mass is 385 g/mol. The summed E-state index contributed by atoms with van der Waals surface area (Å²) in [5.74, 6) is 0.526. The van der Waals surface area contributed by atoms with Crippen molar-refractivity contribution in [2.24, 2.45) is 23.2 Å². The minimum atomic E-state index is -1.89. The molecule has 2 fully saturated rings. The lowest BCUT2D eigenvalue weighted by Crippen LogP contribution is -2.52. The maximum Gasteiger partial charge on any atom is 0.340 e. The second-order valence-corrected chi connectivity index (χ2v) is 9.39. The van der Waals surface area contributed by atoms with E-state index in [1.54, 1.807) is 12.1 Å². The van der Waals surface area contributed by atoms with Gasteiger partial charge in [0.05, 0.1) is 0 Å². The van der Waals surface area contributed by atoms with Crippen LogP contribution in [0.4, 0.5) is 0 Å². The number of hydrogen-bond donors (Lipinski definition) is 3. The number of carboxylic acids is 1. The van der Waals surface area contributed by atoms with Crippen LogP contribution in [0.25, 0.3) is 0 Å². The van der Waals surface area contributed by atoms with Crippen LogP contribution in [0.3, 0.4) is 0 Å². The second-order valence-electron chi connectivity index (χ2n) is 9.39. The molecule has 4 atom stereocenters. The molecule has 1 aliphatic heterocycles. The number of aliphatic hydroxyl groups is 1. The van der Waals surface area contributed by atoms with Gasteiger partial charge in [0.25, 0.3) is 0 Å².